The quantitative estimate of drug-likeness (QED) is 0.748. The Kier molecular flexibility index (Phi) is 3.34. The maximum absolute atomic E-state index is 11.3. The van der Waals surface area contributed by atoms with Crippen LogP contribution in [0.1, 0.15) is 6.42 Å². The van der Waals surface area contributed by atoms with Crippen LogP contribution in [0.15, 0.2) is 0 Å². The SMILES string of the molecule is CN(C(=O)CBr)C1CCS(=N)(=O)C1. The van der Waals surface area contributed by atoms with Crippen LogP contribution in [0.25, 0.3) is 0 Å². The summed E-state index contributed by atoms with van der Waals surface area (Å²) in [6, 6.07) is -0.00458. The first-order chi connectivity index (χ1) is 5.96. The lowest BCUT2D eigenvalue weighted by Crippen LogP contribution is -2.38. The van der Waals surface area contributed by atoms with E-state index in [0.717, 1.165) is 0 Å². The van der Waals surface area contributed by atoms with Crippen molar-refractivity contribution in [1.29, 1.82) is 4.78 Å². The minimum atomic E-state index is -2.39. The van der Waals surface area contributed by atoms with E-state index in [0.29, 0.717) is 23.3 Å². The summed E-state index contributed by atoms with van der Waals surface area (Å²) >= 11 is 3.08. The van der Waals surface area contributed by atoms with E-state index in [-0.39, 0.29) is 11.9 Å². The van der Waals surface area contributed by atoms with Crippen LogP contribution in [-0.4, -0.2) is 44.9 Å². The molecule has 76 valence electrons. The highest BCUT2D eigenvalue weighted by atomic mass is 79.9. The second kappa shape index (κ2) is 3.96. The van der Waals surface area contributed by atoms with Crippen molar-refractivity contribution in [2.24, 2.45) is 0 Å². The first kappa shape index (κ1) is 11.0. The van der Waals surface area contributed by atoms with Crippen LogP contribution < -0.4 is 0 Å². The molecule has 1 fully saturated rings. The number of alkyl halides is 1. The Labute approximate surface area is 86.8 Å². The fourth-order valence-electron chi connectivity index (χ4n) is 1.41. The van der Waals surface area contributed by atoms with E-state index in [1.807, 2.05) is 0 Å². The van der Waals surface area contributed by atoms with E-state index in [4.69, 9.17) is 4.78 Å². The minimum Gasteiger partial charge on any atom is -0.341 e. The third-order valence-electron chi connectivity index (χ3n) is 2.30. The van der Waals surface area contributed by atoms with Gasteiger partial charge < -0.3 is 4.90 Å². The zero-order valence-corrected chi connectivity index (χ0v) is 9.86. The first-order valence-electron chi connectivity index (χ1n) is 4.02. The Morgan fingerprint density at radius 1 is 1.77 bits per heavy atom. The highest BCUT2D eigenvalue weighted by molar-refractivity contribution is 9.09. The normalized spacial score (nSPS) is 33.2. The molecule has 0 bridgehead atoms. The first-order valence-corrected chi connectivity index (χ1v) is 7.04. The van der Waals surface area contributed by atoms with E-state index in [9.17, 15) is 9.00 Å². The van der Waals surface area contributed by atoms with Gasteiger partial charge in [-0.1, -0.05) is 15.9 Å². The molecule has 6 heteroatoms. The molecule has 2 unspecified atom stereocenters. The second-order valence-electron chi connectivity index (χ2n) is 3.26. The summed E-state index contributed by atoms with van der Waals surface area (Å²) in [4.78, 5) is 12.8. The van der Waals surface area contributed by atoms with Gasteiger partial charge in [0.05, 0.1) is 11.1 Å². The van der Waals surface area contributed by atoms with Gasteiger partial charge in [0.25, 0.3) is 0 Å². The van der Waals surface area contributed by atoms with Gasteiger partial charge in [-0.3, -0.25) is 9.57 Å². The number of amides is 1. The Morgan fingerprint density at radius 3 is 2.77 bits per heavy atom. The zero-order chi connectivity index (χ0) is 10.1. The standard InChI is InChI=1S/C7H13BrN2O2S/c1-10(7(11)4-8)6-2-3-13(9,12)5-6/h6,9H,2-5H2,1H3. The summed E-state index contributed by atoms with van der Waals surface area (Å²) in [6.07, 6.45) is 0.692. The predicted octanol–water partition coefficient (Wildman–Crippen LogP) is 0.659. The maximum atomic E-state index is 11.3. The van der Waals surface area contributed by atoms with Crippen LogP contribution in [0, 0.1) is 4.78 Å². The van der Waals surface area contributed by atoms with Crippen LogP contribution in [0.2, 0.25) is 0 Å². The van der Waals surface area contributed by atoms with Crippen molar-refractivity contribution in [2.45, 2.75) is 12.5 Å². The molecule has 0 spiro atoms. The average Bonchev–Trinajstić information content (AvgIpc) is 2.43. The highest BCUT2D eigenvalue weighted by Gasteiger charge is 2.29. The van der Waals surface area contributed by atoms with Gasteiger partial charge in [-0.05, 0) is 6.42 Å². The molecule has 0 aromatic carbocycles. The largest absolute Gasteiger partial charge is 0.341 e. The summed E-state index contributed by atoms with van der Waals surface area (Å²) in [6.45, 7) is 0. The number of rotatable bonds is 2. The van der Waals surface area contributed by atoms with E-state index in [1.165, 1.54) is 0 Å². The second-order valence-corrected chi connectivity index (χ2v) is 6.19. The molecule has 0 aromatic rings. The van der Waals surface area contributed by atoms with Gasteiger partial charge >= 0.3 is 0 Å². The van der Waals surface area contributed by atoms with Crippen molar-refractivity contribution >= 4 is 31.6 Å². The van der Waals surface area contributed by atoms with Crippen LogP contribution in [0.5, 0.6) is 0 Å². The van der Waals surface area contributed by atoms with Crippen molar-refractivity contribution in [2.75, 3.05) is 23.9 Å². The van der Waals surface area contributed by atoms with Crippen molar-refractivity contribution in [3.63, 3.8) is 0 Å². The molecule has 2 atom stereocenters. The van der Waals surface area contributed by atoms with Crippen LogP contribution in [-0.2, 0) is 14.5 Å². The van der Waals surface area contributed by atoms with Crippen LogP contribution in [0.3, 0.4) is 0 Å². The molecule has 1 rings (SSSR count). The van der Waals surface area contributed by atoms with Crippen molar-refractivity contribution in [1.82, 2.24) is 4.90 Å². The fraction of sp³-hybridized carbons (Fsp3) is 0.857. The zero-order valence-electron chi connectivity index (χ0n) is 7.46. The van der Waals surface area contributed by atoms with Crippen molar-refractivity contribution in [3.05, 3.63) is 0 Å². The summed E-state index contributed by atoms with van der Waals surface area (Å²) in [5.41, 5.74) is 0. The molecule has 1 aliphatic heterocycles. The van der Waals surface area contributed by atoms with Gasteiger partial charge in [0.2, 0.25) is 5.91 Å². The van der Waals surface area contributed by atoms with Gasteiger partial charge in [0, 0.05) is 28.6 Å². The Hall–Kier alpha value is -0.100. The molecule has 13 heavy (non-hydrogen) atoms. The number of nitrogens with zero attached hydrogens (tertiary/aromatic N) is 1. The molecule has 0 radical (unpaired) electrons. The number of carbonyl (C=O) groups is 1. The van der Waals surface area contributed by atoms with Crippen LogP contribution >= 0.6 is 15.9 Å². The Balaban J connectivity index is 2.61. The minimum absolute atomic E-state index is 0.00458. The summed E-state index contributed by atoms with van der Waals surface area (Å²) in [7, 11) is -0.688. The monoisotopic (exact) mass is 268 g/mol. The molecule has 4 nitrogen and oxygen atoms in total. The lowest BCUT2D eigenvalue weighted by molar-refractivity contribution is -0.128. The van der Waals surface area contributed by atoms with Gasteiger partial charge in [-0.15, -0.1) is 0 Å². The van der Waals surface area contributed by atoms with Gasteiger partial charge in [-0.2, -0.15) is 0 Å². The molecule has 1 saturated heterocycles. The highest BCUT2D eigenvalue weighted by Crippen LogP contribution is 2.17. The van der Waals surface area contributed by atoms with Gasteiger partial charge in [0.1, 0.15) is 0 Å². The molecule has 0 aromatic heterocycles. The number of nitrogens with one attached hydrogen (secondary N) is 1. The lowest BCUT2D eigenvalue weighted by atomic mass is 10.2. The van der Waals surface area contributed by atoms with Crippen molar-refractivity contribution in [3.8, 4) is 0 Å². The number of carbonyl (C=O) groups excluding carboxylic acids is 1. The molecule has 1 amide bonds. The Morgan fingerprint density at radius 2 is 2.38 bits per heavy atom. The predicted molar refractivity (Wildman–Crippen MR) is 55.6 cm³/mol. The topological polar surface area (TPSA) is 61.2 Å². The summed E-state index contributed by atoms with van der Waals surface area (Å²) in [5.74, 6) is 0.752. The molecule has 0 aliphatic carbocycles. The maximum Gasteiger partial charge on any atom is 0.233 e. The van der Waals surface area contributed by atoms with E-state index >= 15 is 0 Å². The molecular weight excluding hydrogens is 256 g/mol. The number of hydrogen-bond donors (Lipinski definition) is 1. The number of halogens is 1. The van der Waals surface area contributed by atoms with E-state index in [2.05, 4.69) is 15.9 Å². The smallest absolute Gasteiger partial charge is 0.233 e. The van der Waals surface area contributed by atoms with Crippen LogP contribution in [0.4, 0.5) is 0 Å². The lowest BCUT2D eigenvalue weighted by Gasteiger charge is -2.22. The summed E-state index contributed by atoms with van der Waals surface area (Å²) < 4.78 is 18.7. The Bertz CT molecular complexity index is 302. The number of hydrogen-bond acceptors (Lipinski definition) is 3. The molecule has 1 aliphatic rings. The third-order valence-corrected chi connectivity index (χ3v) is 4.60. The van der Waals surface area contributed by atoms with Crippen molar-refractivity contribution < 1.29 is 9.00 Å². The molecule has 1 N–H and O–H groups in total. The molecule has 0 saturated carbocycles. The third kappa shape index (κ3) is 2.67. The molecular formula is C7H13BrN2O2S. The fourth-order valence-corrected chi connectivity index (χ4v) is 3.63. The molecule has 1 heterocycles. The van der Waals surface area contributed by atoms with Gasteiger partial charge in [0.15, 0.2) is 0 Å². The van der Waals surface area contributed by atoms with E-state index in [1.54, 1.807) is 11.9 Å². The summed E-state index contributed by atoms with van der Waals surface area (Å²) in [5, 5.41) is 0.291. The average molecular weight is 269 g/mol. The van der Waals surface area contributed by atoms with E-state index < -0.39 is 9.73 Å². The van der Waals surface area contributed by atoms with Gasteiger partial charge in [-0.25, -0.2) is 4.21 Å².